The maximum absolute atomic E-state index is 5.86. The topological polar surface area (TPSA) is 27.1 Å². The fourth-order valence-corrected chi connectivity index (χ4v) is 3.21. The number of nitrogens with zero attached hydrogens (tertiary/aromatic N) is 2. The summed E-state index contributed by atoms with van der Waals surface area (Å²) in [5.74, 6) is 3.34. The second kappa shape index (κ2) is 6.04. The van der Waals surface area contributed by atoms with Gasteiger partial charge in [0.25, 0.3) is 0 Å². The molecule has 1 unspecified atom stereocenters. The zero-order valence-electron chi connectivity index (χ0n) is 13.0. The van der Waals surface area contributed by atoms with E-state index in [1.807, 2.05) is 10.9 Å². The van der Waals surface area contributed by atoms with E-state index in [1.54, 1.807) is 0 Å². The van der Waals surface area contributed by atoms with Gasteiger partial charge in [-0.15, -0.1) is 5.54 Å². The molecule has 1 atom stereocenters. The molecule has 0 spiro atoms. The molecule has 110 valence electrons. The van der Waals surface area contributed by atoms with Crippen molar-refractivity contribution >= 4 is 19.7 Å². The van der Waals surface area contributed by atoms with E-state index >= 15 is 0 Å². The SMILES string of the molecule is Cc1c(C#C[SiH](C)C)ccc2c1cnn2C1CCCCO1. The van der Waals surface area contributed by atoms with E-state index in [4.69, 9.17) is 4.74 Å². The molecule has 21 heavy (non-hydrogen) atoms. The van der Waals surface area contributed by atoms with Gasteiger partial charge in [-0.25, -0.2) is 4.68 Å². The molecule has 0 bridgehead atoms. The van der Waals surface area contributed by atoms with Crippen molar-refractivity contribution in [1.29, 1.82) is 0 Å². The van der Waals surface area contributed by atoms with Crippen molar-refractivity contribution in [2.75, 3.05) is 6.61 Å². The second-order valence-corrected chi connectivity index (χ2v) is 8.60. The average Bonchev–Trinajstić information content (AvgIpc) is 2.92. The van der Waals surface area contributed by atoms with E-state index in [9.17, 15) is 0 Å². The number of aryl methyl sites for hydroxylation is 1. The van der Waals surface area contributed by atoms with Crippen LogP contribution in [0.3, 0.4) is 0 Å². The first kappa shape index (κ1) is 14.4. The third-order valence-electron chi connectivity index (χ3n) is 3.97. The quantitative estimate of drug-likeness (QED) is 0.596. The number of aromatic nitrogens is 2. The van der Waals surface area contributed by atoms with Crippen molar-refractivity contribution in [3.05, 3.63) is 29.5 Å². The molecule has 3 rings (SSSR count). The fourth-order valence-electron chi connectivity index (χ4n) is 2.76. The Morgan fingerprint density at radius 3 is 2.90 bits per heavy atom. The Labute approximate surface area is 127 Å². The summed E-state index contributed by atoms with van der Waals surface area (Å²) in [5.41, 5.74) is 6.90. The highest BCUT2D eigenvalue weighted by Crippen LogP contribution is 2.28. The van der Waals surface area contributed by atoms with Crippen LogP contribution in [0, 0.1) is 18.4 Å². The van der Waals surface area contributed by atoms with Crippen molar-refractivity contribution < 1.29 is 4.74 Å². The van der Waals surface area contributed by atoms with Gasteiger partial charge in [0.05, 0.1) is 11.7 Å². The summed E-state index contributed by atoms with van der Waals surface area (Å²) in [6.07, 6.45) is 5.48. The Hall–Kier alpha value is -1.57. The van der Waals surface area contributed by atoms with Gasteiger partial charge < -0.3 is 4.74 Å². The highest BCUT2D eigenvalue weighted by Gasteiger charge is 2.19. The van der Waals surface area contributed by atoms with Crippen LogP contribution < -0.4 is 0 Å². The van der Waals surface area contributed by atoms with Crippen molar-refractivity contribution in [2.45, 2.75) is 45.5 Å². The summed E-state index contributed by atoms with van der Waals surface area (Å²) in [5, 5.41) is 5.76. The fraction of sp³-hybridized carbons (Fsp3) is 0.471. The van der Waals surface area contributed by atoms with Gasteiger partial charge in [0.15, 0.2) is 6.23 Å². The standard InChI is InChI=1S/C17H22N2OSi/c1-13-14(9-11-21(2)3)7-8-16-15(13)12-18-19(16)17-6-4-5-10-20-17/h7-8,12,17,21H,4-6,10H2,1-3H3. The minimum Gasteiger partial charge on any atom is -0.356 e. The third kappa shape index (κ3) is 2.90. The first-order valence-electron chi connectivity index (χ1n) is 7.77. The molecule has 2 heterocycles. The van der Waals surface area contributed by atoms with E-state index in [1.165, 1.54) is 17.4 Å². The van der Waals surface area contributed by atoms with Crippen LogP contribution in [0.2, 0.25) is 13.1 Å². The molecule has 1 saturated heterocycles. The average molecular weight is 298 g/mol. The zero-order chi connectivity index (χ0) is 14.8. The summed E-state index contributed by atoms with van der Waals surface area (Å²) in [6, 6.07) is 4.27. The molecule has 4 heteroatoms. The van der Waals surface area contributed by atoms with Crippen molar-refractivity contribution in [3.8, 4) is 11.5 Å². The molecule has 1 aliphatic heterocycles. The van der Waals surface area contributed by atoms with Gasteiger partial charge >= 0.3 is 0 Å². The molecule has 0 aliphatic carbocycles. The molecule has 3 nitrogen and oxygen atoms in total. The molecule has 0 radical (unpaired) electrons. The number of hydrogen-bond donors (Lipinski definition) is 0. The van der Waals surface area contributed by atoms with Crippen LogP contribution in [0.4, 0.5) is 0 Å². The molecule has 0 amide bonds. The highest BCUT2D eigenvalue weighted by molar-refractivity contribution is 6.64. The second-order valence-electron chi connectivity index (χ2n) is 6.01. The minimum absolute atomic E-state index is 0.0932. The predicted octanol–water partition coefficient (Wildman–Crippen LogP) is 3.42. The summed E-state index contributed by atoms with van der Waals surface area (Å²) in [4.78, 5) is 0. The molecule has 2 aromatic rings. The molecule has 0 saturated carbocycles. The lowest BCUT2D eigenvalue weighted by Crippen LogP contribution is -2.18. The number of benzene rings is 1. The zero-order valence-corrected chi connectivity index (χ0v) is 14.2. The van der Waals surface area contributed by atoms with Crippen LogP contribution in [0.1, 0.15) is 36.6 Å². The Balaban J connectivity index is 2.01. The smallest absolute Gasteiger partial charge is 0.150 e. The molecule has 0 N–H and O–H groups in total. The largest absolute Gasteiger partial charge is 0.356 e. The van der Waals surface area contributed by atoms with Crippen LogP contribution in [-0.4, -0.2) is 25.2 Å². The van der Waals surface area contributed by atoms with E-state index in [0.717, 1.165) is 30.5 Å². The molecule has 1 aromatic carbocycles. The minimum atomic E-state index is -0.843. The molecular weight excluding hydrogens is 276 g/mol. The van der Waals surface area contributed by atoms with Gasteiger partial charge in [0.2, 0.25) is 0 Å². The van der Waals surface area contributed by atoms with Gasteiger partial charge in [0.1, 0.15) is 8.80 Å². The molecule has 1 fully saturated rings. The monoisotopic (exact) mass is 298 g/mol. The normalized spacial score (nSPS) is 18.8. The predicted molar refractivity (Wildman–Crippen MR) is 89.1 cm³/mol. The lowest BCUT2D eigenvalue weighted by Gasteiger charge is -2.23. The van der Waals surface area contributed by atoms with Crippen LogP contribution in [-0.2, 0) is 4.74 Å². The van der Waals surface area contributed by atoms with Crippen molar-refractivity contribution in [2.24, 2.45) is 0 Å². The van der Waals surface area contributed by atoms with Crippen LogP contribution in [0.25, 0.3) is 10.9 Å². The van der Waals surface area contributed by atoms with Gasteiger partial charge in [-0.3, -0.25) is 0 Å². The summed E-state index contributed by atoms with van der Waals surface area (Å²) < 4.78 is 7.90. The number of ether oxygens (including phenoxy) is 1. The van der Waals surface area contributed by atoms with Gasteiger partial charge in [-0.2, -0.15) is 5.10 Å². The summed E-state index contributed by atoms with van der Waals surface area (Å²) >= 11 is 0. The van der Waals surface area contributed by atoms with Crippen molar-refractivity contribution in [3.63, 3.8) is 0 Å². The van der Waals surface area contributed by atoms with Crippen molar-refractivity contribution in [1.82, 2.24) is 9.78 Å². The van der Waals surface area contributed by atoms with Gasteiger partial charge in [-0.1, -0.05) is 19.0 Å². The van der Waals surface area contributed by atoms with E-state index in [2.05, 4.69) is 48.7 Å². The highest BCUT2D eigenvalue weighted by atomic mass is 28.3. The lowest BCUT2D eigenvalue weighted by molar-refractivity contribution is -0.0366. The molecular formula is C17H22N2OSi. The maximum atomic E-state index is 5.86. The lowest BCUT2D eigenvalue weighted by atomic mass is 10.1. The Morgan fingerprint density at radius 2 is 2.19 bits per heavy atom. The van der Waals surface area contributed by atoms with Crippen LogP contribution in [0.15, 0.2) is 18.3 Å². The number of hydrogen-bond acceptors (Lipinski definition) is 2. The summed E-state index contributed by atoms with van der Waals surface area (Å²) in [6.45, 7) is 7.48. The van der Waals surface area contributed by atoms with E-state index in [-0.39, 0.29) is 6.23 Å². The first-order valence-corrected chi connectivity index (χ1v) is 10.7. The van der Waals surface area contributed by atoms with Crippen LogP contribution in [0.5, 0.6) is 0 Å². The number of fused-ring (bicyclic) bond motifs is 1. The Kier molecular flexibility index (Phi) is 4.14. The van der Waals surface area contributed by atoms with Crippen LogP contribution >= 0.6 is 0 Å². The third-order valence-corrected chi connectivity index (χ3v) is 4.70. The number of rotatable bonds is 1. The molecule has 1 aliphatic rings. The summed E-state index contributed by atoms with van der Waals surface area (Å²) in [7, 11) is -0.843. The molecule has 1 aromatic heterocycles. The maximum Gasteiger partial charge on any atom is 0.150 e. The first-order chi connectivity index (χ1) is 10.2. The van der Waals surface area contributed by atoms with Gasteiger partial charge in [-0.05, 0) is 43.9 Å². The Morgan fingerprint density at radius 1 is 1.33 bits per heavy atom. The van der Waals surface area contributed by atoms with Gasteiger partial charge in [0, 0.05) is 17.6 Å². The van der Waals surface area contributed by atoms with E-state index in [0.29, 0.717) is 0 Å². The Bertz CT molecular complexity index is 703. The van der Waals surface area contributed by atoms with E-state index < -0.39 is 8.80 Å².